The molecule has 2 heterocycles. The van der Waals surface area contributed by atoms with Crippen LogP contribution in [0, 0.1) is 37.8 Å². The lowest BCUT2D eigenvalue weighted by molar-refractivity contribution is -0.384. The highest BCUT2D eigenvalue weighted by Crippen LogP contribution is 2.22. The van der Waals surface area contributed by atoms with Crippen LogP contribution in [0.4, 0.5) is 11.4 Å². The van der Waals surface area contributed by atoms with Gasteiger partial charge in [-0.25, -0.2) is 4.79 Å². The number of ether oxygens (including phenoxy) is 1. The molecular weight excluding hydrogens is 416 g/mol. The van der Waals surface area contributed by atoms with Crippen molar-refractivity contribution < 1.29 is 23.8 Å². The van der Waals surface area contributed by atoms with Crippen molar-refractivity contribution in [3.05, 3.63) is 74.8 Å². The molecule has 1 amide bonds. The molecule has 0 unspecified atom stereocenters. The summed E-state index contributed by atoms with van der Waals surface area (Å²) in [6.45, 7) is 6.75. The Labute approximate surface area is 183 Å². The van der Waals surface area contributed by atoms with E-state index in [0.717, 1.165) is 17.0 Å². The van der Waals surface area contributed by atoms with Crippen molar-refractivity contribution in [2.45, 2.75) is 27.7 Å². The Hall–Kier alpha value is -4.21. The number of nitrogens with one attached hydrogen (secondary N) is 1. The molecule has 0 aliphatic rings. The number of esters is 1. The van der Waals surface area contributed by atoms with Gasteiger partial charge < -0.3 is 14.6 Å². The van der Waals surface area contributed by atoms with Crippen LogP contribution >= 0.6 is 0 Å². The van der Waals surface area contributed by atoms with Gasteiger partial charge in [-0.1, -0.05) is 5.16 Å². The molecule has 0 saturated carbocycles. The number of nitro groups is 1. The van der Waals surface area contributed by atoms with Crippen LogP contribution in [0.3, 0.4) is 0 Å². The molecule has 0 aliphatic heterocycles. The second-order valence-electron chi connectivity index (χ2n) is 7.20. The molecule has 10 nitrogen and oxygen atoms in total. The maximum atomic E-state index is 12.1. The van der Waals surface area contributed by atoms with Crippen LogP contribution < -0.4 is 5.32 Å². The number of hydrogen-bond donors (Lipinski definition) is 1. The third-order valence-electron chi connectivity index (χ3n) is 4.75. The SMILES string of the molecule is Cc1cc(-n2c(C)cc(C=CC(=O)OCC(=O)Nc3ccc([N+](=O)[O-])cc3C)c2C)no1. The Bertz CT molecular complexity index is 1220. The number of non-ortho nitro benzene ring substituents is 1. The van der Waals surface area contributed by atoms with Crippen LogP contribution in [0.1, 0.15) is 28.3 Å². The van der Waals surface area contributed by atoms with Gasteiger partial charge in [-0.15, -0.1) is 0 Å². The molecule has 0 saturated heterocycles. The van der Waals surface area contributed by atoms with Gasteiger partial charge in [0.15, 0.2) is 12.4 Å². The minimum Gasteiger partial charge on any atom is -0.452 e. The molecule has 10 heteroatoms. The molecule has 32 heavy (non-hydrogen) atoms. The summed E-state index contributed by atoms with van der Waals surface area (Å²) in [5.41, 5.74) is 3.44. The Morgan fingerprint density at radius 3 is 2.59 bits per heavy atom. The summed E-state index contributed by atoms with van der Waals surface area (Å²) < 4.78 is 12.0. The molecule has 0 aliphatic carbocycles. The highest BCUT2D eigenvalue weighted by molar-refractivity contribution is 5.95. The maximum Gasteiger partial charge on any atom is 0.331 e. The summed E-state index contributed by atoms with van der Waals surface area (Å²) in [5.74, 6) is 0.110. The molecule has 0 radical (unpaired) electrons. The molecule has 0 bridgehead atoms. The number of aromatic nitrogens is 2. The van der Waals surface area contributed by atoms with Crippen LogP contribution in [0.15, 0.2) is 40.9 Å². The smallest absolute Gasteiger partial charge is 0.331 e. The average Bonchev–Trinajstić information content (AvgIpc) is 3.28. The number of rotatable bonds is 7. The first-order valence-electron chi connectivity index (χ1n) is 9.68. The zero-order valence-electron chi connectivity index (χ0n) is 18.0. The van der Waals surface area contributed by atoms with Crippen molar-refractivity contribution in [3.8, 4) is 5.82 Å². The van der Waals surface area contributed by atoms with E-state index in [2.05, 4.69) is 10.5 Å². The van der Waals surface area contributed by atoms with Crippen molar-refractivity contribution >= 4 is 29.3 Å². The summed E-state index contributed by atoms with van der Waals surface area (Å²) in [6, 6.07) is 7.77. The number of benzene rings is 1. The second-order valence-corrected chi connectivity index (χ2v) is 7.20. The first kappa shape index (κ1) is 22.5. The number of hydrogen-bond acceptors (Lipinski definition) is 7. The molecule has 0 atom stereocenters. The molecule has 0 spiro atoms. The molecular formula is C22H22N4O6. The van der Waals surface area contributed by atoms with E-state index in [1.165, 1.54) is 24.3 Å². The monoisotopic (exact) mass is 438 g/mol. The van der Waals surface area contributed by atoms with Crippen molar-refractivity contribution in [2.24, 2.45) is 0 Å². The zero-order valence-corrected chi connectivity index (χ0v) is 18.0. The van der Waals surface area contributed by atoms with Gasteiger partial charge in [0.2, 0.25) is 0 Å². The number of nitro benzene ring substituents is 1. The minimum atomic E-state index is -0.678. The van der Waals surface area contributed by atoms with Gasteiger partial charge in [0.25, 0.3) is 11.6 Å². The van der Waals surface area contributed by atoms with Gasteiger partial charge in [0.1, 0.15) is 5.76 Å². The molecule has 166 valence electrons. The minimum absolute atomic E-state index is 0.0740. The Kier molecular flexibility index (Phi) is 6.53. The van der Waals surface area contributed by atoms with Crippen LogP contribution in [0.2, 0.25) is 0 Å². The fraction of sp³-hybridized carbons (Fsp3) is 0.227. The van der Waals surface area contributed by atoms with Crippen molar-refractivity contribution in [3.63, 3.8) is 0 Å². The summed E-state index contributed by atoms with van der Waals surface area (Å²) in [4.78, 5) is 34.4. The van der Waals surface area contributed by atoms with Crippen LogP contribution in [-0.2, 0) is 14.3 Å². The summed E-state index contributed by atoms with van der Waals surface area (Å²) in [7, 11) is 0. The summed E-state index contributed by atoms with van der Waals surface area (Å²) in [5, 5.41) is 17.4. The largest absolute Gasteiger partial charge is 0.452 e. The topological polar surface area (TPSA) is 130 Å². The van der Waals surface area contributed by atoms with E-state index in [-0.39, 0.29) is 5.69 Å². The van der Waals surface area contributed by atoms with E-state index in [1.54, 1.807) is 19.9 Å². The third-order valence-corrected chi connectivity index (χ3v) is 4.75. The average molecular weight is 438 g/mol. The maximum absolute atomic E-state index is 12.1. The van der Waals surface area contributed by atoms with Gasteiger partial charge in [-0.3, -0.25) is 19.5 Å². The molecule has 1 aromatic carbocycles. The second kappa shape index (κ2) is 9.29. The van der Waals surface area contributed by atoms with Crippen molar-refractivity contribution in [1.82, 2.24) is 9.72 Å². The Balaban J connectivity index is 1.58. The van der Waals surface area contributed by atoms with Crippen molar-refractivity contribution in [1.29, 1.82) is 0 Å². The lowest BCUT2D eigenvalue weighted by atomic mass is 10.2. The van der Waals surface area contributed by atoms with E-state index in [4.69, 9.17) is 9.26 Å². The lowest BCUT2D eigenvalue weighted by Gasteiger charge is -2.08. The number of carbonyl (C=O) groups excluding carboxylic acids is 2. The van der Waals surface area contributed by atoms with E-state index in [9.17, 15) is 19.7 Å². The predicted octanol–water partition coefficient (Wildman–Crippen LogP) is 3.80. The highest BCUT2D eigenvalue weighted by Gasteiger charge is 2.14. The van der Waals surface area contributed by atoms with Gasteiger partial charge in [0, 0.05) is 41.4 Å². The zero-order chi connectivity index (χ0) is 23.4. The fourth-order valence-corrected chi connectivity index (χ4v) is 3.20. The summed E-state index contributed by atoms with van der Waals surface area (Å²) in [6.07, 6.45) is 2.84. The van der Waals surface area contributed by atoms with Crippen LogP contribution in [0.5, 0.6) is 0 Å². The Morgan fingerprint density at radius 2 is 1.97 bits per heavy atom. The number of aryl methyl sites for hydroxylation is 3. The summed E-state index contributed by atoms with van der Waals surface area (Å²) >= 11 is 0. The number of carbonyl (C=O) groups is 2. The van der Waals surface area contributed by atoms with Gasteiger partial charge in [-0.2, -0.15) is 0 Å². The predicted molar refractivity (Wildman–Crippen MR) is 116 cm³/mol. The molecule has 3 rings (SSSR count). The number of nitrogens with zero attached hydrogens (tertiary/aromatic N) is 3. The van der Waals surface area contributed by atoms with E-state index < -0.39 is 23.4 Å². The fourth-order valence-electron chi connectivity index (χ4n) is 3.20. The Morgan fingerprint density at radius 1 is 1.22 bits per heavy atom. The van der Waals surface area contributed by atoms with Crippen LogP contribution in [0.25, 0.3) is 11.9 Å². The molecule has 2 aromatic heterocycles. The molecule has 1 N–H and O–H groups in total. The van der Waals surface area contributed by atoms with E-state index in [1.807, 2.05) is 30.5 Å². The lowest BCUT2D eigenvalue weighted by Crippen LogP contribution is -2.20. The first-order valence-corrected chi connectivity index (χ1v) is 9.68. The van der Waals surface area contributed by atoms with Gasteiger partial charge in [-0.05, 0) is 57.0 Å². The third kappa shape index (κ3) is 5.09. The molecule has 3 aromatic rings. The van der Waals surface area contributed by atoms with Crippen molar-refractivity contribution in [2.75, 3.05) is 11.9 Å². The highest BCUT2D eigenvalue weighted by atomic mass is 16.6. The number of amides is 1. The van der Waals surface area contributed by atoms with Crippen LogP contribution in [-0.4, -0.2) is 33.1 Å². The molecule has 0 fully saturated rings. The van der Waals surface area contributed by atoms with Gasteiger partial charge >= 0.3 is 5.97 Å². The van der Waals surface area contributed by atoms with E-state index >= 15 is 0 Å². The quantitative estimate of drug-likeness (QED) is 0.257. The normalized spacial score (nSPS) is 11.0. The van der Waals surface area contributed by atoms with E-state index in [0.29, 0.717) is 22.8 Å². The standard InChI is InChI=1S/C22H22N4O6/c1-13-9-18(26(29)30)6-7-19(13)23-21(27)12-31-22(28)8-5-17-10-14(2)25(16(17)4)20-11-15(3)32-24-20/h5-11H,12H2,1-4H3,(H,23,27). The first-order chi connectivity index (χ1) is 15.2. The number of anilines is 1. The van der Waals surface area contributed by atoms with Gasteiger partial charge in [0.05, 0.1) is 4.92 Å².